The van der Waals surface area contributed by atoms with E-state index < -0.39 is 54.9 Å². The number of rotatable bonds is 6. The zero-order chi connectivity index (χ0) is 27.6. The first-order valence-corrected chi connectivity index (χ1v) is 12.6. The number of pyridine rings is 1. The van der Waals surface area contributed by atoms with E-state index in [0.717, 1.165) is 0 Å². The molecule has 4 saturated carbocycles. The van der Waals surface area contributed by atoms with Crippen molar-refractivity contribution >= 4 is 17.3 Å². The molecule has 1 heterocycles. The first kappa shape index (κ1) is 24.8. The summed E-state index contributed by atoms with van der Waals surface area (Å²) >= 11 is 0. The van der Waals surface area contributed by atoms with Gasteiger partial charge in [-0.15, -0.1) is 0 Å². The third-order valence-corrected chi connectivity index (χ3v) is 8.92. The monoisotopic (exact) mass is 531 g/mol. The summed E-state index contributed by atoms with van der Waals surface area (Å²) in [7, 11) is 0. The minimum atomic E-state index is -0.950. The molecular formula is C28H25N3O8. The summed E-state index contributed by atoms with van der Waals surface area (Å²) < 4.78 is 5.83. The number of aromatic nitrogens is 1. The van der Waals surface area contributed by atoms with E-state index in [1.165, 1.54) is 30.5 Å². The molecule has 0 amide bonds. The van der Waals surface area contributed by atoms with E-state index in [-0.39, 0.29) is 5.92 Å². The highest BCUT2D eigenvalue weighted by molar-refractivity contribution is 5.81. The molecule has 3 aromatic rings. The molecule has 2 aromatic carbocycles. The summed E-state index contributed by atoms with van der Waals surface area (Å²) in [5, 5.41) is 43.6. The van der Waals surface area contributed by atoms with Crippen LogP contribution < -0.4 is 4.74 Å². The molecule has 0 aliphatic heterocycles. The van der Waals surface area contributed by atoms with E-state index in [1.807, 2.05) is 0 Å². The third kappa shape index (κ3) is 3.87. The molecule has 2 atom stereocenters. The van der Waals surface area contributed by atoms with Gasteiger partial charge in [-0.05, 0) is 90.7 Å². The summed E-state index contributed by atoms with van der Waals surface area (Å²) in [5.74, 6) is -0.952. The molecule has 1 aromatic heterocycles. The first-order chi connectivity index (χ1) is 18.5. The summed E-state index contributed by atoms with van der Waals surface area (Å²) in [6, 6.07) is 12.0. The van der Waals surface area contributed by atoms with E-state index >= 15 is 0 Å². The molecule has 2 N–H and O–H groups in total. The van der Waals surface area contributed by atoms with E-state index in [0.29, 0.717) is 55.4 Å². The van der Waals surface area contributed by atoms with Crippen molar-refractivity contribution in [2.24, 2.45) is 11.3 Å². The van der Waals surface area contributed by atoms with Crippen LogP contribution in [0.2, 0.25) is 0 Å². The molecule has 7 rings (SSSR count). The van der Waals surface area contributed by atoms with Crippen LogP contribution in [0, 0.1) is 31.6 Å². The van der Waals surface area contributed by atoms with Crippen molar-refractivity contribution in [3.8, 4) is 17.2 Å². The maximum atomic E-state index is 13.9. The molecular weight excluding hydrogens is 506 g/mol. The summed E-state index contributed by atoms with van der Waals surface area (Å²) in [6.45, 7) is 0. The number of hydrogen-bond donors (Lipinski definition) is 2. The maximum Gasteiger partial charge on any atom is 0.317 e. The van der Waals surface area contributed by atoms with Crippen LogP contribution >= 0.6 is 0 Å². The second kappa shape index (κ2) is 8.48. The number of aromatic hydroxyl groups is 2. The molecule has 39 heavy (non-hydrogen) atoms. The van der Waals surface area contributed by atoms with Gasteiger partial charge in [0.1, 0.15) is 5.75 Å². The van der Waals surface area contributed by atoms with Gasteiger partial charge < -0.3 is 14.9 Å². The number of carbonyl (C=O) groups is 1. The molecule has 4 fully saturated rings. The van der Waals surface area contributed by atoms with Gasteiger partial charge in [-0.1, -0.05) is 12.1 Å². The van der Waals surface area contributed by atoms with Gasteiger partial charge in [-0.2, -0.15) is 0 Å². The second-order valence-corrected chi connectivity index (χ2v) is 11.3. The summed E-state index contributed by atoms with van der Waals surface area (Å²) in [6.07, 6.45) is 6.23. The van der Waals surface area contributed by atoms with Gasteiger partial charge in [0.25, 0.3) is 0 Å². The topological polar surface area (TPSA) is 166 Å². The molecule has 0 radical (unpaired) electrons. The van der Waals surface area contributed by atoms with Gasteiger partial charge in [0.05, 0.1) is 21.5 Å². The average Bonchev–Trinajstić information content (AvgIpc) is 2.88. The molecule has 11 heteroatoms. The Morgan fingerprint density at radius 1 is 0.872 bits per heavy atom. The minimum Gasteiger partial charge on any atom is -0.502 e. The minimum absolute atomic E-state index is 0.0448. The second-order valence-electron chi connectivity index (χ2n) is 11.3. The molecule has 200 valence electrons. The van der Waals surface area contributed by atoms with Crippen molar-refractivity contribution in [3.05, 3.63) is 92.3 Å². The number of nitro benzene ring substituents is 2. The van der Waals surface area contributed by atoms with Gasteiger partial charge in [0, 0.05) is 18.3 Å². The average molecular weight is 532 g/mol. The highest BCUT2D eigenvalue weighted by Gasteiger charge is 2.67. The summed E-state index contributed by atoms with van der Waals surface area (Å²) in [4.78, 5) is 40.0. The fourth-order valence-corrected chi connectivity index (χ4v) is 7.93. The van der Waals surface area contributed by atoms with E-state index in [2.05, 4.69) is 4.98 Å². The van der Waals surface area contributed by atoms with Gasteiger partial charge in [0.2, 0.25) is 0 Å². The number of benzene rings is 2. The van der Waals surface area contributed by atoms with E-state index in [4.69, 9.17) is 4.74 Å². The Balaban J connectivity index is 1.51. The number of ether oxygens (including phenoxy) is 1. The van der Waals surface area contributed by atoms with Crippen LogP contribution in [0.3, 0.4) is 0 Å². The van der Waals surface area contributed by atoms with Crippen LogP contribution in [0.5, 0.6) is 17.2 Å². The zero-order valence-electron chi connectivity index (χ0n) is 20.8. The highest BCUT2D eigenvalue weighted by Crippen LogP contribution is 2.71. The predicted octanol–water partition coefficient (Wildman–Crippen LogP) is 5.07. The van der Waals surface area contributed by atoms with Gasteiger partial charge >= 0.3 is 17.3 Å². The number of phenolic OH excluding ortho intramolecular Hbond substituents is 2. The van der Waals surface area contributed by atoms with Crippen molar-refractivity contribution in [3.63, 3.8) is 0 Å². The largest absolute Gasteiger partial charge is 0.502 e. The predicted molar refractivity (Wildman–Crippen MR) is 136 cm³/mol. The molecule has 4 aliphatic carbocycles. The van der Waals surface area contributed by atoms with Gasteiger partial charge in [-0.25, -0.2) is 0 Å². The Morgan fingerprint density at radius 2 is 1.44 bits per heavy atom. The van der Waals surface area contributed by atoms with Crippen LogP contribution in [-0.2, 0) is 15.6 Å². The van der Waals surface area contributed by atoms with Crippen molar-refractivity contribution in [1.29, 1.82) is 0 Å². The molecule has 11 nitrogen and oxygen atoms in total. The summed E-state index contributed by atoms with van der Waals surface area (Å²) in [5.41, 5.74) is -1.82. The van der Waals surface area contributed by atoms with Gasteiger partial charge in [-0.3, -0.25) is 30.0 Å². The lowest BCUT2D eigenvalue weighted by Crippen LogP contribution is -2.63. The number of esters is 1. The number of carbonyl (C=O) groups excluding carboxylic acids is 1. The molecule has 0 spiro atoms. The number of nitro groups is 2. The zero-order valence-corrected chi connectivity index (χ0v) is 20.8. The Bertz CT molecular complexity index is 1440. The van der Waals surface area contributed by atoms with Crippen molar-refractivity contribution in [2.45, 2.75) is 49.4 Å². The van der Waals surface area contributed by atoms with Crippen molar-refractivity contribution < 1.29 is 29.6 Å². The van der Waals surface area contributed by atoms with Crippen molar-refractivity contribution in [1.82, 2.24) is 4.98 Å². The van der Waals surface area contributed by atoms with E-state index in [1.54, 1.807) is 30.5 Å². The lowest BCUT2D eigenvalue weighted by Gasteiger charge is -2.66. The van der Waals surface area contributed by atoms with Crippen LogP contribution in [0.25, 0.3) is 0 Å². The van der Waals surface area contributed by atoms with Crippen LogP contribution in [-0.4, -0.2) is 31.0 Å². The standard InChI is InChI=1S/C28H25N3O8/c32-23-5-3-18(8-21(23)30(35)36)26-10-17-11-27(14-26,19-4-6-24(33)22(9-19)31(37)38)16-28(12-17,15-26)25(34)39-20-2-1-7-29-13-20/h1-9,13,17,32-33H,10-12,14-16H2. The van der Waals surface area contributed by atoms with Crippen LogP contribution in [0.4, 0.5) is 11.4 Å². The highest BCUT2D eigenvalue weighted by atomic mass is 16.6. The Morgan fingerprint density at radius 3 is 1.92 bits per heavy atom. The van der Waals surface area contributed by atoms with Crippen LogP contribution in [0.15, 0.2) is 60.9 Å². The molecule has 4 aliphatic rings. The number of hydrogen-bond acceptors (Lipinski definition) is 9. The quantitative estimate of drug-likeness (QED) is 0.251. The Kier molecular flexibility index (Phi) is 5.39. The van der Waals surface area contributed by atoms with Gasteiger partial charge in [0.15, 0.2) is 11.5 Å². The molecule has 0 saturated heterocycles. The molecule has 4 bridgehead atoms. The first-order valence-electron chi connectivity index (χ1n) is 12.6. The number of phenols is 2. The smallest absolute Gasteiger partial charge is 0.317 e. The normalized spacial score (nSPS) is 28.7. The SMILES string of the molecule is O=C(Oc1cccnc1)C12CC3CC(c4ccc(O)c([N+](=O)[O-])c4)(C1)CC(c1ccc(O)c([N+](=O)[O-])c1)(C3)C2. The lowest BCUT2D eigenvalue weighted by molar-refractivity contribution is -0.386. The fourth-order valence-electron chi connectivity index (χ4n) is 7.93. The third-order valence-electron chi connectivity index (χ3n) is 8.92. The lowest BCUT2D eigenvalue weighted by atomic mass is 9.37. The molecule has 2 unspecified atom stereocenters. The Labute approximate surface area is 222 Å². The maximum absolute atomic E-state index is 13.9. The number of nitrogens with zero attached hydrogens (tertiary/aromatic N) is 3. The van der Waals surface area contributed by atoms with Crippen LogP contribution in [0.1, 0.15) is 49.7 Å². The van der Waals surface area contributed by atoms with Crippen molar-refractivity contribution in [2.75, 3.05) is 0 Å². The fraction of sp³-hybridized carbons (Fsp3) is 0.357. The Hall–Kier alpha value is -4.54. The van der Waals surface area contributed by atoms with E-state index in [9.17, 15) is 35.2 Å².